The summed E-state index contributed by atoms with van der Waals surface area (Å²) in [5.41, 5.74) is 0.106. The van der Waals surface area contributed by atoms with E-state index in [-0.39, 0.29) is 24.5 Å². The Hall–Kier alpha value is -1.63. The standard InChI is InChI=1S/C12H14ClNO5/c1-18-4-5-19-7-11(15)14-10-6-8(13)2-3-9(10)12(16)17/h2-3,6H,4-5,7H2,1H3,(H,14,15)(H,16,17). The van der Waals surface area contributed by atoms with Gasteiger partial charge < -0.3 is 19.9 Å². The fraction of sp³-hybridized carbons (Fsp3) is 0.333. The highest BCUT2D eigenvalue weighted by Gasteiger charge is 2.13. The zero-order valence-corrected chi connectivity index (χ0v) is 11.1. The van der Waals surface area contributed by atoms with Crippen molar-refractivity contribution in [3.8, 4) is 0 Å². The van der Waals surface area contributed by atoms with E-state index in [1.165, 1.54) is 25.3 Å². The number of carbonyl (C=O) groups excluding carboxylic acids is 1. The lowest BCUT2D eigenvalue weighted by atomic mass is 10.2. The molecule has 1 amide bonds. The molecule has 0 radical (unpaired) electrons. The molecular weight excluding hydrogens is 274 g/mol. The molecule has 0 spiro atoms. The second-order valence-corrected chi connectivity index (χ2v) is 4.03. The van der Waals surface area contributed by atoms with E-state index >= 15 is 0 Å². The van der Waals surface area contributed by atoms with Crippen LogP contribution in [0.15, 0.2) is 18.2 Å². The number of rotatable bonds is 7. The van der Waals surface area contributed by atoms with E-state index in [1.807, 2.05) is 0 Å². The number of nitrogens with one attached hydrogen (secondary N) is 1. The molecule has 0 aliphatic rings. The van der Waals surface area contributed by atoms with Crippen LogP contribution in [0.4, 0.5) is 5.69 Å². The van der Waals surface area contributed by atoms with Crippen LogP contribution in [-0.4, -0.2) is 43.9 Å². The first-order valence-corrected chi connectivity index (χ1v) is 5.81. The quantitative estimate of drug-likeness (QED) is 0.745. The molecule has 0 fully saturated rings. The zero-order chi connectivity index (χ0) is 14.3. The van der Waals surface area contributed by atoms with Crippen molar-refractivity contribution in [2.24, 2.45) is 0 Å². The molecule has 6 nitrogen and oxygen atoms in total. The van der Waals surface area contributed by atoms with Gasteiger partial charge in [-0.05, 0) is 18.2 Å². The van der Waals surface area contributed by atoms with Gasteiger partial charge >= 0.3 is 5.97 Å². The van der Waals surface area contributed by atoms with Gasteiger partial charge in [0.05, 0.1) is 24.5 Å². The van der Waals surface area contributed by atoms with E-state index in [0.717, 1.165) is 0 Å². The predicted octanol–water partition coefficient (Wildman–Crippen LogP) is 1.64. The number of carboxylic acid groups (broad SMARTS) is 1. The Bertz CT molecular complexity index is 463. The van der Waals surface area contributed by atoms with Crippen LogP contribution >= 0.6 is 11.6 Å². The molecule has 7 heteroatoms. The lowest BCUT2D eigenvalue weighted by molar-refractivity contribution is -0.121. The highest BCUT2D eigenvalue weighted by atomic mass is 35.5. The van der Waals surface area contributed by atoms with Gasteiger partial charge in [-0.3, -0.25) is 4.79 Å². The smallest absolute Gasteiger partial charge is 0.337 e. The third kappa shape index (κ3) is 5.25. The molecule has 1 aromatic carbocycles. The molecule has 0 unspecified atom stereocenters. The third-order valence-electron chi connectivity index (χ3n) is 2.15. The van der Waals surface area contributed by atoms with Gasteiger partial charge in [-0.2, -0.15) is 0 Å². The van der Waals surface area contributed by atoms with Crippen LogP contribution in [0.1, 0.15) is 10.4 Å². The molecule has 0 heterocycles. The lowest BCUT2D eigenvalue weighted by Gasteiger charge is -2.09. The largest absolute Gasteiger partial charge is 0.478 e. The first-order chi connectivity index (χ1) is 9.04. The van der Waals surface area contributed by atoms with Gasteiger partial charge in [-0.25, -0.2) is 4.79 Å². The number of benzene rings is 1. The third-order valence-corrected chi connectivity index (χ3v) is 2.39. The Labute approximate surface area is 115 Å². The van der Waals surface area contributed by atoms with Crippen molar-refractivity contribution >= 4 is 29.2 Å². The number of carbonyl (C=O) groups is 2. The summed E-state index contributed by atoms with van der Waals surface area (Å²) in [7, 11) is 1.52. The Morgan fingerprint density at radius 3 is 2.74 bits per heavy atom. The number of aromatic carboxylic acids is 1. The van der Waals surface area contributed by atoms with E-state index < -0.39 is 11.9 Å². The van der Waals surface area contributed by atoms with Gasteiger partial charge in [0, 0.05) is 12.1 Å². The lowest BCUT2D eigenvalue weighted by Crippen LogP contribution is -2.21. The van der Waals surface area contributed by atoms with Crippen LogP contribution in [0.3, 0.4) is 0 Å². The van der Waals surface area contributed by atoms with Crippen LogP contribution in [-0.2, 0) is 14.3 Å². The van der Waals surface area contributed by atoms with E-state index in [0.29, 0.717) is 11.6 Å². The molecule has 0 aliphatic heterocycles. The van der Waals surface area contributed by atoms with Gasteiger partial charge in [0.15, 0.2) is 0 Å². The first kappa shape index (κ1) is 15.4. The number of halogens is 1. The summed E-state index contributed by atoms with van der Waals surface area (Å²) in [6.45, 7) is 0.477. The Morgan fingerprint density at radius 1 is 1.37 bits per heavy atom. The van der Waals surface area contributed by atoms with Gasteiger partial charge in [0.2, 0.25) is 5.91 Å². The minimum Gasteiger partial charge on any atom is -0.478 e. The molecule has 0 bridgehead atoms. The summed E-state index contributed by atoms with van der Waals surface area (Å²) in [5, 5.41) is 11.7. The monoisotopic (exact) mass is 287 g/mol. The van der Waals surface area contributed by atoms with Crippen molar-refractivity contribution in [3.05, 3.63) is 28.8 Å². The van der Waals surface area contributed by atoms with E-state index in [9.17, 15) is 9.59 Å². The summed E-state index contributed by atoms with van der Waals surface area (Å²) >= 11 is 5.76. The minimum absolute atomic E-state index is 0.0327. The van der Waals surface area contributed by atoms with E-state index in [1.54, 1.807) is 0 Å². The Kier molecular flexibility index (Phi) is 6.27. The fourth-order valence-electron chi connectivity index (χ4n) is 1.30. The fourth-order valence-corrected chi connectivity index (χ4v) is 1.47. The van der Waals surface area contributed by atoms with Gasteiger partial charge in [-0.1, -0.05) is 11.6 Å². The molecule has 0 aromatic heterocycles. The number of carboxylic acids is 1. The molecule has 0 saturated carbocycles. The maximum atomic E-state index is 11.5. The molecular formula is C12H14ClNO5. The number of hydrogen-bond acceptors (Lipinski definition) is 4. The average Bonchev–Trinajstić information content (AvgIpc) is 2.34. The average molecular weight is 288 g/mol. The molecule has 1 aromatic rings. The summed E-state index contributed by atoms with van der Waals surface area (Å²) < 4.78 is 9.78. The van der Waals surface area contributed by atoms with Crippen LogP contribution in [0.25, 0.3) is 0 Å². The van der Waals surface area contributed by atoms with Crippen molar-refractivity contribution < 1.29 is 24.2 Å². The molecule has 2 N–H and O–H groups in total. The van der Waals surface area contributed by atoms with Crippen LogP contribution in [0.2, 0.25) is 5.02 Å². The maximum Gasteiger partial charge on any atom is 0.337 e. The number of hydrogen-bond donors (Lipinski definition) is 2. The molecule has 1 rings (SSSR count). The summed E-state index contributed by atoms with van der Waals surface area (Å²) in [6.07, 6.45) is 0. The highest BCUT2D eigenvalue weighted by Crippen LogP contribution is 2.21. The van der Waals surface area contributed by atoms with Crippen molar-refractivity contribution in [2.75, 3.05) is 32.2 Å². The Balaban J connectivity index is 2.62. The first-order valence-electron chi connectivity index (χ1n) is 5.44. The number of anilines is 1. The maximum absolute atomic E-state index is 11.5. The number of amides is 1. The summed E-state index contributed by atoms with van der Waals surface area (Å²) in [5.74, 6) is -1.60. The molecule has 0 aliphatic carbocycles. The highest BCUT2D eigenvalue weighted by molar-refractivity contribution is 6.31. The van der Waals surface area contributed by atoms with Crippen molar-refractivity contribution in [3.63, 3.8) is 0 Å². The van der Waals surface area contributed by atoms with Gasteiger partial charge in [0.25, 0.3) is 0 Å². The van der Waals surface area contributed by atoms with Crippen LogP contribution in [0.5, 0.6) is 0 Å². The van der Waals surface area contributed by atoms with Crippen LogP contribution in [0, 0.1) is 0 Å². The minimum atomic E-state index is -1.15. The number of ether oxygens (including phenoxy) is 2. The van der Waals surface area contributed by atoms with Gasteiger partial charge in [-0.15, -0.1) is 0 Å². The molecule has 0 atom stereocenters. The molecule has 104 valence electrons. The van der Waals surface area contributed by atoms with E-state index in [2.05, 4.69) is 5.32 Å². The second kappa shape index (κ2) is 7.73. The van der Waals surface area contributed by atoms with Gasteiger partial charge in [0.1, 0.15) is 6.61 Å². The summed E-state index contributed by atoms with van der Waals surface area (Å²) in [6, 6.07) is 4.14. The van der Waals surface area contributed by atoms with Crippen molar-refractivity contribution in [1.82, 2.24) is 0 Å². The normalized spacial score (nSPS) is 10.2. The second-order valence-electron chi connectivity index (χ2n) is 3.59. The van der Waals surface area contributed by atoms with E-state index in [4.69, 9.17) is 26.2 Å². The topological polar surface area (TPSA) is 84.9 Å². The SMILES string of the molecule is COCCOCC(=O)Nc1cc(Cl)ccc1C(=O)O. The Morgan fingerprint density at radius 2 is 2.11 bits per heavy atom. The summed E-state index contributed by atoms with van der Waals surface area (Å²) in [4.78, 5) is 22.5. The molecule has 19 heavy (non-hydrogen) atoms. The number of methoxy groups -OCH3 is 1. The zero-order valence-electron chi connectivity index (χ0n) is 10.3. The predicted molar refractivity (Wildman–Crippen MR) is 69.7 cm³/mol. The van der Waals surface area contributed by atoms with Crippen molar-refractivity contribution in [1.29, 1.82) is 0 Å². The van der Waals surface area contributed by atoms with Crippen molar-refractivity contribution in [2.45, 2.75) is 0 Å². The molecule has 0 saturated heterocycles. The van der Waals surface area contributed by atoms with Crippen LogP contribution < -0.4 is 5.32 Å².